The fourth-order valence-corrected chi connectivity index (χ4v) is 4.60. The van der Waals surface area contributed by atoms with E-state index in [9.17, 15) is 5.11 Å². The quantitative estimate of drug-likeness (QED) is 0.759. The van der Waals surface area contributed by atoms with Gasteiger partial charge in [-0.15, -0.1) is 0 Å². The lowest BCUT2D eigenvalue weighted by Crippen LogP contribution is -2.45. The fraction of sp³-hybridized carbons (Fsp3) is 1.00. The molecule has 0 aromatic rings. The lowest BCUT2D eigenvalue weighted by Gasteiger charge is -2.46. The third kappa shape index (κ3) is 3.10. The molecule has 2 fully saturated rings. The van der Waals surface area contributed by atoms with Crippen LogP contribution in [-0.4, -0.2) is 10.7 Å². The molecule has 1 nitrogen and oxygen atoms in total. The van der Waals surface area contributed by atoms with E-state index in [-0.39, 0.29) is 5.60 Å². The minimum absolute atomic E-state index is 0.325. The van der Waals surface area contributed by atoms with Crippen LogP contribution in [0.3, 0.4) is 0 Å². The van der Waals surface area contributed by atoms with Gasteiger partial charge in [0.15, 0.2) is 0 Å². The first-order chi connectivity index (χ1) is 8.40. The molecule has 0 aromatic carbocycles. The summed E-state index contributed by atoms with van der Waals surface area (Å²) in [6.45, 7) is 9.40. The molecule has 2 aliphatic carbocycles. The summed E-state index contributed by atoms with van der Waals surface area (Å²) in [7, 11) is 0. The fourth-order valence-electron chi connectivity index (χ4n) is 4.60. The normalized spacial score (nSPS) is 46.3. The van der Waals surface area contributed by atoms with Crippen molar-refractivity contribution in [3.63, 3.8) is 0 Å². The Morgan fingerprint density at radius 3 is 1.89 bits per heavy atom. The Balaban J connectivity index is 1.96. The molecule has 2 atom stereocenters. The topological polar surface area (TPSA) is 20.2 Å². The highest BCUT2D eigenvalue weighted by Gasteiger charge is 2.42. The summed E-state index contributed by atoms with van der Waals surface area (Å²) in [4.78, 5) is 0. The van der Waals surface area contributed by atoms with E-state index in [0.717, 1.165) is 36.5 Å². The van der Waals surface area contributed by atoms with Crippen LogP contribution in [0.1, 0.15) is 72.6 Å². The lowest BCUT2D eigenvalue weighted by molar-refractivity contribution is -0.0854. The van der Waals surface area contributed by atoms with Gasteiger partial charge in [0.1, 0.15) is 0 Å². The van der Waals surface area contributed by atoms with Crippen molar-refractivity contribution in [3.05, 3.63) is 0 Å². The molecule has 18 heavy (non-hydrogen) atoms. The van der Waals surface area contributed by atoms with Crippen LogP contribution in [0.5, 0.6) is 0 Å². The van der Waals surface area contributed by atoms with Gasteiger partial charge in [-0.25, -0.2) is 0 Å². The van der Waals surface area contributed by atoms with Crippen LogP contribution in [0.15, 0.2) is 0 Å². The van der Waals surface area contributed by atoms with Crippen LogP contribution < -0.4 is 0 Å². The van der Waals surface area contributed by atoms with Gasteiger partial charge in [0.05, 0.1) is 5.60 Å². The van der Waals surface area contributed by atoms with Crippen LogP contribution >= 0.6 is 0 Å². The predicted molar refractivity (Wildman–Crippen MR) is 77.4 cm³/mol. The molecular formula is C17H32O. The van der Waals surface area contributed by atoms with Crippen molar-refractivity contribution < 1.29 is 5.11 Å². The Kier molecular flexibility index (Phi) is 4.41. The molecule has 2 saturated carbocycles. The van der Waals surface area contributed by atoms with Crippen LogP contribution in [0.25, 0.3) is 0 Å². The standard InChI is InChI=1S/C17H32O/c1-12(2)15-5-7-17(18,8-6-15)16-10-13(3)9-14(4)11-16/h12-16,18H,5-11H2,1-4H3. The summed E-state index contributed by atoms with van der Waals surface area (Å²) >= 11 is 0. The zero-order valence-corrected chi connectivity index (χ0v) is 12.8. The van der Waals surface area contributed by atoms with E-state index in [1.54, 1.807) is 0 Å². The first-order valence-corrected chi connectivity index (χ1v) is 8.13. The van der Waals surface area contributed by atoms with Crippen molar-refractivity contribution in [1.82, 2.24) is 0 Å². The second kappa shape index (κ2) is 5.53. The van der Waals surface area contributed by atoms with Gasteiger partial charge in [-0.1, -0.05) is 27.7 Å². The van der Waals surface area contributed by atoms with Crippen LogP contribution in [-0.2, 0) is 0 Å². The maximum Gasteiger partial charge on any atom is 0.0676 e. The van der Waals surface area contributed by atoms with Gasteiger partial charge in [-0.05, 0) is 74.5 Å². The van der Waals surface area contributed by atoms with Gasteiger partial charge in [0, 0.05) is 0 Å². The minimum Gasteiger partial charge on any atom is -0.390 e. The third-order valence-electron chi connectivity index (χ3n) is 5.78. The van der Waals surface area contributed by atoms with Crippen LogP contribution in [0.4, 0.5) is 0 Å². The molecule has 0 aromatic heterocycles. The van der Waals surface area contributed by atoms with Crippen LogP contribution in [0.2, 0.25) is 0 Å². The molecular weight excluding hydrogens is 220 g/mol. The highest BCUT2D eigenvalue weighted by molar-refractivity contribution is 4.94. The number of aliphatic hydroxyl groups is 1. The lowest BCUT2D eigenvalue weighted by atomic mass is 9.63. The second-order valence-corrected chi connectivity index (χ2v) is 7.80. The van der Waals surface area contributed by atoms with Crippen molar-refractivity contribution in [2.24, 2.45) is 29.6 Å². The summed E-state index contributed by atoms with van der Waals surface area (Å²) in [5.74, 6) is 3.84. The largest absolute Gasteiger partial charge is 0.390 e. The SMILES string of the molecule is CC1CC(C)CC(C2(O)CCC(C(C)C)CC2)C1. The molecule has 0 spiro atoms. The van der Waals surface area contributed by atoms with Crippen molar-refractivity contribution in [1.29, 1.82) is 0 Å². The Hall–Kier alpha value is -0.0400. The first-order valence-electron chi connectivity index (χ1n) is 8.13. The summed E-state index contributed by atoms with van der Waals surface area (Å²) in [6.07, 6.45) is 8.47. The monoisotopic (exact) mass is 252 g/mol. The van der Waals surface area contributed by atoms with Crippen molar-refractivity contribution in [3.8, 4) is 0 Å². The number of hydrogen-bond acceptors (Lipinski definition) is 1. The average molecular weight is 252 g/mol. The van der Waals surface area contributed by atoms with Gasteiger partial charge in [0.2, 0.25) is 0 Å². The maximum atomic E-state index is 11.0. The van der Waals surface area contributed by atoms with Gasteiger partial charge in [-0.3, -0.25) is 0 Å². The molecule has 2 aliphatic rings. The second-order valence-electron chi connectivity index (χ2n) is 7.80. The van der Waals surface area contributed by atoms with Gasteiger partial charge in [0.25, 0.3) is 0 Å². The highest BCUT2D eigenvalue weighted by atomic mass is 16.3. The molecule has 0 radical (unpaired) electrons. The number of hydrogen-bond donors (Lipinski definition) is 1. The first kappa shape index (κ1) is 14.4. The Bertz CT molecular complexity index is 253. The highest BCUT2D eigenvalue weighted by Crippen LogP contribution is 2.46. The Labute approximate surface area is 113 Å². The van der Waals surface area contributed by atoms with Gasteiger partial charge < -0.3 is 5.11 Å². The Morgan fingerprint density at radius 2 is 1.44 bits per heavy atom. The van der Waals surface area contributed by atoms with E-state index < -0.39 is 0 Å². The summed E-state index contributed by atoms with van der Waals surface area (Å²) < 4.78 is 0. The zero-order chi connectivity index (χ0) is 13.3. The predicted octanol–water partition coefficient (Wildman–Crippen LogP) is 4.64. The molecule has 2 unspecified atom stereocenters. The van der Waals surface area contributed by atoms with E-state index in [2.05, 4.69) is 27.7 Å². The Morgan fingerprint density at radius 1 is 0.944 bits per heavy atom. The third-order valence-corrected chi connectivity index (χ3v) is 5.78. The molecule has 0 bridgehead atoms. The van der Waals surface area contributed by atoms with E-state index in [1.807, 2.05) is 0 Å². The van der Waals surface area contributed by atoms with Gasteiger partial charge >= 0.3 is 0 Å². The average Bonchev–Trinajstić information content (AvgIpc) is 2.28. The summed E-state index contributed by atoms with van der Waals surface area (Å²) in [5.41, 5.74) is -0.325. The maximum absolute atomic E-state index is 11.0. The molecule has 106 valence electrons. The van der Waals surface area contributed by atoms with Crippen LogP contribution in [0, 0.1) is 29.6 Å². The molecule has 0 amide bonds. The molecule has 2 rings (SSSR count). The molecule has 1 N–H and O–H groups in total. The van der Waals surface area contributed by atoms with Crippen molar-refractivity contribution in [2.75, 3.05) is 0 Å². The van der Waals surface area contributed by atoms with Crippen molar-refractivity contribution >= 4 is 0 Å². The van der Waals surface area contributed by atoms with E-state index in [4.69, 9.17) is 0 Å². The van der Waals surface area contributed by atoms with Crippen molar-refractivity contribution in [2.45, 2.75) is 78.2 Å². The summed E-state index contributed by atoms with van der Waals surface area (Å²) in [6, 6.07) is 0. The van der Waals surface area contributed by atoms with E-state index in [0.29, 0.717) is 5.92 Å². The minimum atomic E-state index is -0.325. The van der Waals surface area contributed by atoms with Gasteiger partial charge in [-0.2, -0.15) is 0 Å². The molecule has 0 saturated heterocycles. The van der Waals surface area contributed by atoms with E-state index >= 15 is 0 Å². The smallest absolute Gasteiger partial charge is 0.0676 e. The molecule has 0 heterocycles. The summed E-state index contributed by atoms with van der Waals surface area (Å²) in [5, 5.41) is 11.0. The molecule has 1 heteroatoms. The number of rotatable bonds is 2. The zero-order valence-electron chi connectivity index (χ0n) is 12.8. The molecule has 0 aliphatic heterocycles. The van der Waals surface area contributed by atoms with E-state index in [1.165, 1.54) is 32.1 Å².